The summed E-state index contributed by atoms with van der Waals surface area (Å²) in [4.78, 5) is 31.4. The normalized spacial score (nSPS) is 11.3. The van der Waals surface area contributed by atoms with Gasteiger partial charge in [-0.25, -0.2) is 9.78 Å². The molecule has 0 radical (unpaired) electrons. The molecule has 0 saturated heterocycles. The van der Waals surface area contributed by atoms with Gasteiger partial charge in [-0.3, -0.25) is 4.79 Å². The number of aromatic nitrogens is 1. The number of para-hydroxylation sites is 1. The van der Waals surface area contributed by atoms with Crippen LogP contribution >= 0.6 is 11.3 Å². The fourth-order valence-electron chi connectivity index (χ4n) is 3.43. The van der Waals surface area contributed by atoms with Crippen LogP contribution in [-0.4, -0.2) is 42.1 Å². The van der Waals surface area contributed by atoms with Gasteiger partial charge in [-0.15, -0.1) is 11.3 Å². The maximum absolute atomic E-state index is 13.0. The van der Waals surface area contributed by atoms with Crippen molar-refractivity contribution in [2.24, 2.45) is 0 Å². The van der Waals surface area contributed by atoms with Crippen molar-refractivity contribution in [3.05, 3.63) is 80.8 Å². The number of alkyl halides is 3. The van der Waals surface area contributed by atoms with E-state index >= 15 is 0 Å². The Balaban J connectivity index is 1.64. The first-order valence-corrected chi connectivity index (χ1v) is 12.0. The molecule has 1 heterocycles. The first-order chi connectivity index (χ1) is 17.1. The SMILES string of the molecule is COCCN(Cc1nc(C(=O)NCc2cccc(C(F)(F)F)c2)cs1)C(=O)Nc1c(C)cccc1C. The van der Waals surface area contributed by atoms with E-state index in [1.54, 1.807) is 10.3 Å². The number of halogens is 3. The summed E-state index contributed by atoms with van der Waals surface area (Å²) >= 11 is 1.21. The van der Waals surface area contributed by atoms with Gasteiger partial charge in [0.1, 0.15) is 10.7 Å². The Hall–Kier alpha value is -3.44. The van der Waals surface area contributed by atoms with Crippen molar-refractivity contribution >= 4 is 29.0 Å². The van der Waals surface area contributed by atoms with Crippen LogP contribution in [0.1, 0.15) is 37.7 Å². The Morgan fingerprint density at radius 3 is 2.47 bits per heavy atom. The number of methoxy groups -OCH3 is 1. The lowest BCUT2D eigenvalue weighted by Gasteiger charge is -2.23. The van der Waals surface area contributed by atoms with Crippen molar-refractivity contribution in [3.8, 4) is 0 Å². The zero-order chi connectivity index (χ0) is 26.3. The third kappa shape index (κ3) is 7.28. The second-order valence-corrected chi connectivity index (χ2v) is 9.06. The first kappa shape index (κ1) is 27.2. The van der Waals surface area contributed by atoms with E-state index in [4.69, 9.17) is 4.74 Å². The molecule has 1 aromatic heterocycles. The number of anilines is 1. The molecule has 0 spiro atoms. The number of hydrogen-bond donors (Lipinski definition) is 2. The molecule has 192 valence electrons. The zero-order valence-electron chi connectivity index (χ0n) is 20.1. The molecule has 0 bridgehead atoms. The summed E-state index contributed by atoms with van der Waals surface area (Å²) in [5.74, 6) is -0.515. The molecule has 2 N–H and O–H groups in total. The second-order valence-electron chi connectivity index (χ2n) is 8.12. The van der Waals surface area contributed by atoms with Crippen molar-refractivity contribution in [2.75, 3.05) is 25.6 Å². The van der Waals surface area contributed by atoms with Gasteiger partial charge in [0.05, 0.1) is 18.7 Å². The Morgan fingerprint density at radius 1 is 1.11 bits per heavy atom. The monoisotopic (exact) mass is 520 g/mol. The largest absolute Gasteiger partial charge is 0.416 e. The van der Waals surface area contributed by atoms with Crippen LogP contribution < -0.4 is 10.6 Å². The maximum Gasteiger partial charge on any atom is 0.416 e. The Bertz CT molecular complexity index is 1190. The zero-order valence-corrected chi connectivity index (χ0v) is 20.9. The van der Waals surface area contributed by atoms with Crippen LogP contribution in [0.2, 0.25) is 0 Å². The quantitative estimate of drug-likeness (QED) is 0.396. The number of benzene rings is 2. The van der Waals surface area contributed by atoms with Crippen LogP contribution in [-0.2, 0) is 24.0 Å². The van der Waals surface area contributed by atoms with Crippen LogP contribution in [0.3, 0.4) is 0 Å². The number of amides is 3. The molecule has 0 saturated carbocycles. The molecule has 0 atom stereocenters. The predicted molar refractivity (Wildman–Crippen MR) is 132 cm³/mol. The third-order valence-corrected chi connectivity index (χ3v) is 6.22. The van der Waals surface area contributed by atoms with Gasteiger partial charge >= 0.3 is 12.2 Å². The molecule has 36 heavy (non-hydrogen) atoms. The van der Waals surface area contributed by atoms with Crippen LogP contribution in [0.4, 0.5) is 23.7 Å². The highest BCUT2D eigenvalue weighted by atomic mass is 32.1. The molecule has 0 aliphatic rings. The van der Waals surface area contributed by atoms with Gasteiger partial charge in [-0.05, 0) is 42.7 Å². The van der Waals surface area contributed by atoms with Gasteiger partial charge in [0.25, 0.3) is 5.91 Å². The topological polar surface area (TPSA) is 83.6 Å². The van der Waals surface area contributed by atoms with Crippen LogP contribution in [0, 0.1) is 13.8 Å². The molecule has 0 fully saturated rings. The van der Waals surface area contributed by atoms with E-state index in [9.17, 15) is 22.8 Å². The number of hydrogen-bond acceptors (Lipinski definition) is 5. The molecule has 3 rings (SSSR count). The summed E-state index contributed by atoms with van der Waals surface area (Å²) < 4.78 is 43.8. The fourth-order valence-corrected chi connectivity index (χ4v) is 4.22. The summed E-state index contributed by atoms with van der Waals surface area (Å²) in [5.41, 5.74) is 2.28. The molecule has 3 aromatic rings. The molecule has 0 aliphatic carbocycles. The molecular formula is C25H27F3N4O3S. The first-order valence-electron chi connectivity index (χ1n) is 11.1. The van der Waals surface area contributed by atoms with E-state index < -0.39 is 17.6 Å². The smallest absolute Gasteiger partial charge is 0.383 e. The average Bonchev–Trinajstić information content (AvgIpc) is 3.31. The number of thiazole rings is 1. The number of rotatable bonds is 9. The minimum absolute atomic E-state index is 0.0756. The number of nitrogens with zero attached hydrogens (tertiary/aromatic N) is 2. The van der Waals surface area contributed by atoms with Gasteiger partial charge in [0, 0.05) is 31.3 Å². The molecule has 7 nitrogen and oxygen atoms in total. The molecular weight excluding hydrogens is 493 g/mol. The Labute approximate surface area is 211 Å². The summed E-state index contributed by atoms with van der Waals surface area (Å²) in [6, 6.07) is 10.2. The average molecular weight is 521 g/mol. The van der Waals surface area contributed by atoms with Crippen LogP contribution in [0.15, 0.2) is 47.8 Å². The molecule has 2 aromatic carbocycles. The highest BCUT2D eigenvalue weighted by Gasteiger charge is 2.30. The van der Waals surface area contributed by atoms with Crippen molar-refractivity contribution < 1.29 is 27.5 Å². The van der Waals surface area contributed by atoms with E-state index in [-0.39, 0.29) is 24.8 Å². The van der Waals surface area contributed by atoms with Gasteiger partial charge in [0.15, 0.2) is 0 Å². The minimum Gasteiger partial charge on any atom is -0.383 e. The van der Waals surface area contributed by atoms with Crippen molar-refractivity contribution in [2.45, 2.75) is 33.1 Å². The highest BCUT2D eigenvalue weighted by molar-refractivity contribution is 7.09. The molecule has 11 heteroatoms. The standard InChI is InChI=1S/C25H27F3N4O3S/c1-16-6-4-7-17(2)22(16)31-24(34)32(10-11-35-3)14-21-30-20(15-36-21)23(33)29-13-18-8-5-9-19(12-18)25(26,27)28/h4-9,12,15H,10-11,13-14H2,1-3H3,(H,29,33)(H,31,34). The number of aryl methyl sites for hydroxylation is 2. The third-order valence-electron chi connectivity index (χ3n) is 5.38. The second kappa shape index (κ2) is 12.0. The molecule has 0 aliphatic heterocycles. The van der Waals surface area contributed by atoms with Gasteiger partial charge < -0.3 is 20.3 Å². The number of urea groups is 1. The lowest BCUT2D eigenvalue weighted by molar-refractivity contribution is -0.137. The summed E-state index contributed by atoms with van der Waals surface area (Å²) in [7, 11) is 1.54. The Kier molecular flexibility index (Phi) is 9.05. The van der Waals surface area contributed by atoms with E-state index in [0.29, 0.717) is 23.7 Å². The fraction of sp³-hybridized carbons (Fsp3) is 0.320. The van der Waals surface area contributed by atoms with E-state index in [2.05, 4.69) is 15.6 Å². The van der Waals surface area contributed by atoms with E-state index in [0.717, 1.165) is 28.9 Å². The van der Waals surface area contributed by atoms with E-state index in [1.807, 2.05) is 32.0 Å². The van der Waals surface area contributed by atoms with Crippen LogP contribution in [0.5, 0.6) is 0 Å². The number of carbonyl (C=O) groups is 2. The number of ether oxygens (including phenoxy) is 1. The van der Waals surface area contributed by atoms with Crippen molar-refractivity contribution in [1.82, 2.24) is 15.2 Å². The minimum atomic E-state index is -4.46. The molecule has 0 unspecified atom stereocenters. The predicted octanol–water partition coefficient (Wildman–Crippen LogP) is 5.39. The van der Waals surface area contributed by atoms with Crippen LogP contribution in [0.25, 0.3) is 0 Å². The van der Waals surface area contributed by atoms with Gasteiger partial charge in [-0.2, -0.15) is 13.2 Å². The maximum atomic E-state index is 13.0. The molecule has 3 amide bonds. The van der Waals surface area contributed by atoms with Crippen molar-refractivity contribution in [3.63, 3.8) is 0 Å². The van der Waals surface area contributed by atoms with E-state index in [1.165, 1.54) is 30.6 Å². The number of carbonyl (C=O) groups excluding carboxylic acids is 2. The Morgan fingerprint density at radius 2 is 1.81 bits per heavy atom. The highest BCUT2D eigenvalue weighted by Crippen LogP contribution is 2.29. The van der Waals surface area contributed by atoms with Crippen molar-refractivity contribution in [1.29, 1.82) is 0 Å². The number of nitrogens with one attached hydrogen (secondary N) is 2. The summed E-state index contributed by atoms with van der Waals surface area (Å²) in [6.07, 6.45) is -4.46. The lowest BCUT2D eigenvalue weighted by atomic mass is 10.1. The van der Waals surface area contributed by atoms with Gasteiger partial charge in [-0.1, -0.05) is 30.3 Å². The summed E-state index contributed by atoms with van der Waals surface area (Å²) in [5, 5.41) is 7.61. The van der Waals surface area contributed by atoms with Gasteiger partial charge in [0.2, 0.25) is 0 Å². The lowest BCUT2D eigenvalue weighted by Crippen LogP contribution is -2.37. The summed E-state index contributed by atoms with van der Waals surface area (Å²) in [6.45, 7) is 4.53.